The zero-order valence-corrected chi connectivity index (χ0v) is 12.4. The van der Waals surface area contributed by atoms with Crippen molar-refractivity contribution in [1.29, 1.82) is 0 Å². The number of aromatic nitrogens is 2. The number of hydrogen-bond donors (Lipinski definition) is 1. The molecule has 102 valence electrons. The van der Waals surface area contributed by atoms with E-state index in [1.807, 2.05) is 11.7 Å². The average Bonchev–Trinajstić information content (AvgIpc) is 2.92. The SMILES string of the molecule is CCc1nn(C)c(CC(N)CC2OCCO2)c1Br. The zero-order chi connectivity index (χ0) is 13.1. The monoisotopic (exact) mass is 317 g/mol. The van der Waals surface area contributed by atoms with Gasteiger partial charge in [0, 0.05) is 25.9 Å². The minimum Gasteiger partial charge on any atom is -0.350 e. The predicted octanol–water partition coefficient (Wildman–Crippen LogP) is 1.38. The van der Waals surface area contributed by atoms with Gasteiger partial charge in [-0.05, 0) is 22.4 Å². The quantitative estimate of drug-likeness (QED) is 0.891. The van der Waals surface area contributed by atoms with E-state index in [0.29, 0.717) is 13.2 Å². The van der Waals surface area contributed by atoms with E-state index in [0.717, 1.165) is 35.1 Å². The lowest BCUT2D eigenvalue weighted by Gasteiger charge is -2.16. The van der Waals surface area contributed by atoms with E-state index in [1.165, 1.54) is 0 Å². The highest BCUT2D eigenvalue weighted by atomic mass is 79.9. The van der Waals surface area contributed by atoms with E-state index >= 15 is 0 Å². The first kappa shape index (κ1) is 14.0. The molecule has 0 aliphatic carbocycles. The summed E-state index contributed by atoms with van der Waals surface area (Å²) >= 11 is 3.60. The fourth-order valence-corrected chi connectivity index (χ4v) is 2.94. The van der Waals surface area contributed by atoms with Crippen molar-refractivity contribution in [1.82, 2.24) is 9.78 Å². The Morgan fingerprint density at radius 1 is 1.50 bits per heavy atom. The standard InChI is InChI=1S/C12H20BrN3O2/c1-3-9-12(13)10(16(2)15-9)6-8(14)7-11-17-4-5-18-11/h8,11H,3-7,14H2,1-2H3. The summed E-state index contributed by atoms with van der Waals surface area (Å²) in [4.78, 5) is 0. The average molecular weight is 318 g/mol. The first-order valence-corrected chi connectivity index (χ1v) is 7.10. The largest absolute Gasteiger partial charge is 0.350 e. The van der Waals surface area contributed by atoms with Gasteiger partial charge in [0.2, 0.25) is 0 Å². The van der Waals surface area contributed by atoms with Gasteiger partial charge in [-0.1, -0.05) is 6.92 Å². The maximum absolute atomic E-state index is 6.15. The minimum absolute atomic E-state index is 0.0181. The Bertz CT molecular complexity index is 402. The van der Waals surface area contributed by atoms with Gasteiger partial charge < -0.3 is 15.2 Å². The minimum atomic E-state index is -0.141. The summed E-state index contributed by atoms with van der Waals surface area (Å²) in [5.41, 5.74) is 8.37. The Balaban J connectivity index is 1.97. The van der Waals surface area contributed by atoms with Crippen molar-refractivity contribution in [2.45, 2.75) is 38.5 Å². The normalized spacial score (nSPS) is 18.4. The molecule has 0 amide bonds. The van der Waals surface area contributed by atoms with Crippen LogP contribution in [-0.2, 0) is 29.4 Å². The molecule has 1 atom stereocenters. The number of halogens is 1. The molecule has 1 aromatic rings. The molecular weight excluding hydrogens is 298 g/mol. The molecule has 5 nitrogen and oxygen atoms in total. The van der Waals surface area contributed by atoms with Crippen LogP contribution in [0.5, 0.6) is 0 Å². The predicted molar refractivity (Wildman–Crippen MR) is 72.3 cm³/mol. The van der Waals surface area contributed by atoms with Crippen LogP contribution in [0.4, 0.5) is 0 Å². The van der Waals surface area contributed by atoms with E-state index in [1.54, 1.807) is 0 Å². The molecule has 6 heteroatoms. The zero-order valence-electron chi connectivity index (χ0n) is 10.9. The van der Waals surface area contributed by atoms with E-state index in [2.05, 4.69) is 28.0 Å². The third kappa shape index (κ3) is 3.12. The molecule has 2 rings (SSSR count). The van der Waals surface area contributed by atoms with Crippen molar-refractivity contribution in [3.05, 3.63) is 15.9 Å². The Morgan fingerprint density at radius 3 is 2.72 bits per heavy atom. The summed E-state index contributed by atoms with van der Waals surface area (Å²) < 4.78 is 13.8. The van der Waals surface area contributed by atoms with Gasteiger partial charge in [-0.2, -0.15) is 5.10 Å². The highest BCUT2D eigenvalue weighted by Crippen LogP contribution is 2.23. The molecule has 1 aliphatic heterocycles. The lowest BCUT2D eigenvalue weighted by Crippen LogP contribution is -2.29. The van der Waals surface area contributed by atoms with Gasteiger partial charge in [-0.15, -0.1) is 0 Å². The van der Waals surface area contributed by atoms with Crippen molar-refractivity contribution in [2.24, 2.45) is 12.8 Å². The number of aryl methyl sites for hydroxylation is 2. The van der Waals surface area contributed by atoms with Gasteiger partial charge in [-0.3, -0.25) is 4.68 Å². The van der Waals surface area contributed by atoms with Crippen molar-refractivity contribution in [2.75, 3.05) is 13.2 Å². The van der Waals surface area contributed by atoms with Crippen LogP contribution in [0.25, 0.3) is 0 Å². The molecule has 1 aromatic heterocycles. The molecule has 0 saturated carbocycles. The molecule has 18 heavy (non-hydrogen) atoms. The summed E-state index contributed by atoms with van der Waals surface area (Å²) in [6, 6.07) is 0.0181. The van der Waals surface area contributed by atoms with E-state index < -0.39 is 0 Å². The van der Waals surface area contributed by atoms with Crippen molar-refractivity contribution < 1.29 is 9.47 Å². The molecule has 0 radical (unpaired) electrons. The third-order valence-electron chi connectivity index (χ3n) is 3.14. The van der Waals surface area contributed by atoms with Crippen LogP contribution in [-0.4, -0.2) is 35.3 Å². The van der Waals surface area contributed by atoms with Gasteiger partial charge in [0.1, 0.15) is 0 Å². The summed E-state index contributed by atoms with van der Waals surface area (Å²) in [7, 11) is 1.95. The topological polar surface area (TPSA) is 62.3 Å². The second-order valence-electron chi connectivity index (χ2n) is 4.56. The van der Waals surface area contributed by atoms with Crippen molar-refractivity contribution in [3.8, 4) is 0 Å². The van der Waals surface area contributed by atoms with Crippen LogP contribution in [0, 0.1) is 0 Å². The molecule has 1 fully saturated rings. The van der Waals surface area contributed by atoms with Crippen LogP contribution < -0.4 is 5.73 Å². The van der Waals surface area contributed by atoms with E-state index in [9.17, 15) is 0 Å². The molecule has 0 spiro atoms. The molecule has 2 N–H and O–H groups in total. The maximum Gasteiger partial charge on any atom is 0.159 e. The second kappa shape index (κ2) is 6.14. The number of nitrogens with two attached hydrogens (primary N) is 1. The van der Waals surface area contributed by atoms with Crippen LogP contribution >= 0.6 is 15.9 Å². The van der Waals surface area contributed by atoms with Crippen LogP contribution in [0.2, 0.25) is 0 Å². The lowest BCUT2D eigenvalue weighted by molar-refractivity contribution is -0.0505. The number of ether oxygens (including phenoxy) is 2. The highest BCUT2D eigenvalue weighted by Gasteiger charge is 2.22. The number of hydrogen-bond acceptors (Lipinski definition) is 4. The van der Waals surface area contributed by atoms with Crippen LogP contribution in [0.3, 0.4) is 0 Å². The Labute approximate surface area is 116 Å². The summed E-state index contributed by atoms with van der Waals surface area (Å²) in [5, 5.41) is 4.47. The molecule has 1 aliphatic rings. The van der Waals surface area contributed by atoms with Gasteiger partial charge in [-0.25, -0.2) is 0 Å². The van der Waals surface area contributed by atoms with Crippen molar-refractivity contribution in [3.63, 3.8) is 0 Å². The molecular formula is C12H20BrN3O2. The summed E-state index contributed by atoms with van der Waals surface area (Å²) in [5.74, 6) is 0. The smallest absolute Gasteiger partial charge is 0.159 e. The molecule has 0 aromatic carbocycles. The lowest BCUT2D eigenvalue weighted by atomic mass is 10.1. The number of nitrogens with zero attached hydrogens (tertiary/aromatic N) is 2. The first-order chi connectivity index (χ1) is 8.61. The second-order valence-corrected chi connectivity index (χ2v) is 5.35. The third-order valence-corrected chi connectivity index (χ3v) is 4.06. The van der Waals surface area contributed by atoms with Crippen molar-refractivity contribution >= 4 is 15.9 Å². The Kier molecular flexibility index (Phi) is 4.77. The van der Waals surface area contributed by atoms with E-state index in [-0.39, 0.29) is 12.3 Å². The fourth-order valence-electron chi connectivity index (χ4n) is 2.16. The molecule has 0 bridgehead atoms. The van der Waals surface area contributed by atoms with Gasteiger partial charge in [0.15, 0.2) is 6.29 Å². The maximum atomic E-state index is 6.15. The Hall–Kier alpha value is -0.430. The first-order valence-electron chi connectivity index (χ1n) is 6.30. The van der Waals surface area contributed by atoms with Crippen LogP contribution in [0.1, 0.15) is 24.7 Å². The van der Waals surface area contributed by atoms with Gasteiger partial charge in [0.25, 0.3) is 0 Å². The van der Waals surface area contributed by atoms with Gasteiger partial charge >= 0.3 is 0 Å². The highest BCUT2D eigenvalue weighted by molar-refractivity contribution is 9.10. The van der Waals surface area contributed by atoms with Gasteiger partial charge in [0.05, 0.1) is 29.1 Å². The molecule has 2 heterocycles. The van der Waals surface area contributed by atoms with Crippen LogP contribution in [0.15, 0.2) is 4.47 Å². The molecule has 1 saturated heterocycles. The number of rotatable bonds is 5. The summed E-state index contributed by atoms with van der Waals surface area (Å²) in [6.07, 6.45) is 2.27. The van der Waals surface area contributed by atoms with E-state index in [4.69, 9.17) is 15.2 Å². The summed E-state index contributed by atoms with van der Waals surface area (Å²) in [6.45, 7) is 3.44. The fraction of sp³-hybridized carbons (Fsp3) is 0.750. The molecule has 1 unspecified atom stereocenters. The Morgan fingerprint density at radius 2 is 2.17 bits per heavy atom.